The molecule has 0 saturated carbocycles. The van der Waals surface area contributed by atoms with Crippen molar-refractivity contribution in [1.29, 1.82) is 0 Å². The fourth-order valence-corrected chi connectivity index (χ4v) is 6.22. The third kappa shape index (κ3) is 3.10. The quantitative estimate of drug-likeness (QED) is 0.265. The van der Waals surface area contributed by atoms with E-state index in [0.717, 1.165) is 35.1 Å². The van der Waals surface area contributed by atoms with E-state index >= 15 is 0 Å². The van der Waals surface area contributed by atoms with Crippen LogP contribution in [0.2, 0.25) is 0 Å². The fraction of sp³-hybridized carbons (Fsp3) is 0.286. The second-order valence-corrected chi connectivity index (χ2v) is 10.8. The first kappa shape index (κ1) is 20.7. The lowest BCUT2D eigenvalue weighted by molar-refractivity contribution is 0.281. The van der Waals surface area contributed by atoms with Gasteiger partial charge < -0.3 is 19.8 Å². The number of aromatic hydroxyl groups is 1. The Morgan fingerprint density at radius 1 is 1.09 bits per heavy atom. The number of fused-ring (bicyclic) bond motifs is 10. The van der Waals surface area contributed by atoms with Gasteiger partial charge in [-0.05, 0) is 46.1 Å². The third-order valence-electron chi connectivity index (χ3n) is 6.87. The van der Waals surface area contributed by atoms with Gasteiger partial charge in [0, 0.05) is 58.8 Å². The fourth-order valence-electron chi connectivity index (χ4n) is 5.51. The Kier molecular flexibility index (Phi) is 4.93. The lowest BCUT2D eigenvalue weighted by atomic mass is 9.96. The van der Waals surface area contributed by atoms with E-state index in [4.69, 9.17) is 0 Å². The molecule has 33 heavy (non-hydrogen) atoms. The summed E-state index contributed by atoms with van der Waals surface area (Å²) < 4.78 is 2.40. The monoisotopic (exact) mass is 456 g/mol. The number of aromatic nitrogens is 2. The predicted octanol–water partition coefficient (Wildman–Crippen LogP) is 6.58. The van der Waals surface area contributed by atoms with Crippen LogP contribution in [-0.2, 0) is 18.7 Å². The van der Waals surface area contributed by atoms with E-state index in [1.807, 2.05) is 18.0 Å². The predicted molar refractivity (Wildman–Crippen MR) is 139 cm³/mol. The minimum atomic E-state index is 0.167. The number of aliphatic hydroxyl groups excluding tert-OH is 1. The van der Waals surface area contributed by atoms with Crippen molar-refractivity contribution >= 4 is 44.3 Å². The molecule has 3 N–H and O–H groups in total. The summed E-state index contributed by atoms with van der Waals surface area (Å²) in [7, 11) is 0. The highest BCUT2D eigenvalue weighted by Gasteiger charge is 2.29. The van der Waals surface area contributed by atoms with Crippen molar-refractivity contribution < 1.29 is 10.2 Å². The minimum Gasteiger partial charge on any atom is -0.494 e. The molecule has 0 saturated heterocycles. The second-order valence-electron chi connectivity index (χ2n) is 9.28. The highest BCUT2D eigenvalue weighted by molar-refractivity contribution is 7.99. The molecule has 4 nitrogen and oxygen atoms in total. The van der Waals surface area contributed by atoms with Crippen LogP contribution in [0.25, 0.3) is 43.7 Å². The highest BCUT2D eigenvalue weighted by Crippen LogP contribution is 2.50. The van der Waals surface area contributed by atoms with Crippen LogP contribution < -0.4 is 0 Å². The standard InChI is InChI=1S/C28H28N2O2S/c1-16(2)33-15-17-8-9-23-20(12-17)25-22-14-29-28(32)26(22)24-19-7-4-3-6-18(19)13-21(24)27(25)30(23)10-5-11-31/h3-4,6-9,12,14,16,29,31-32H,5,10-11,13,15H2,1-2H3. The van der Waals surface area contributed by atoms with Crippen LogP contribution in [0.5, 0.6) is 5.88 Å². The lowest BCUT2D eigenvalue weighted by Crippen LogP contribution is -2.02. The van der Waals surface area contributed by atoms with E-state index in [9.17, 15) is 10.2 Å². The van der Waals surface area contributed by atoms with Crippen molar-refractivity contribution in [2.24, 2.45) is 0 Å². The molecule has 0 spiro atoms. The summed E-state index contributed by atoms with van der Waals surface area (Å²) in [6.45, 7) is 5.40. The van der Waals surface area contributed by atoms with E-state index in [1.165, 1.54) is 44.1 Å². The van der Waals surface area contributed by atoms with Crippen molar-refractivity contribution in [2.45, 2.75) is 44.2 Å². The summed E-state index contributed by atoms with van der Waals surface area (Å²) in [5.41, 5.74) is 8.69. The number of rotatable bonds is 6. The van der Waals surface area contributed by atoms with Crippen LogP contribution in [0.1, 0.15) is 37.0 Å². The molecule has 0 fully saturated rings. The summed E-state index contributed by atoms with van der Waals surface area (Å²) in [4.78, 5) is 3.10. The molecule has 1 aliphatic carbocycles. The molecule has 3 aromatic carbocycles. The average molecular weight is 457 g/mol. The van der Waals surface area contributed by atoms with Crippen LogP contribution in [0.15, 0.2) is 48.7 Å². The van der Waals surface area contributed by atoms with Gasteiger partial charge in [0.15, 0.2) is 5.88 Å². The highest BCUT2D eigenvalue weighted by atomic mass is 32.2. The number of benzene rings is 3. The van der Waals surface area contributed by atoms with E-state index in [-0.39, 0.29) is 12.5 Å². The van der Waals surface area contributed by atoms with Gasteiger partial charge in [-0.15, -0.1) is 0 Å². The molecular weight excluding hydrogens is 428 g/mol. The van der Waals surface area contributed by atoms with Gasteiger partial charge >= 0.3 is 0 Å². The first-order valence-electron chi connectivity index (χ1n) is 11.7. The normalized spacial score (nSPS) is 13.0. The zero-order valence-corrected chi connectivity index (χ0v) is 19.8. The topological polar surface area (TPSA) is 61.2 Å². The SMILES string of the molecule is CC(C)SCc1ccc2c(c1)c1c3c[nH]c(O)c3c3c(c1n2CCCO)Cc1ccccc1-3. The summed E-state index contributed by atoms with van der Waals surface area (Å²) in [6.07, 6.45) is 3.52. The molecule has 6 rings (SSSR count). The number of hydrogen-bond donors (Lipinski definition) is 3. The first-order chi connectivity index (χ1) is 16.1. The van der Waals surface area contributed by atoms with Crippen LogP contribution in [0.4, 0.5) is 0 Å². The van der Waals surface area contributed by atoms with Crippen molar-refractivity contribution in [3.63, 3.8) is 0 Å². The van der Waals surface area contributed by atoms with Gasteiger partial charge in [0.1, 0.15) is 0 Å². The van der Waals surface area contributed by atoms with Gasteiger partial charge in [0.05, 0.1) is 10.9 Å². The Morgan fingerprint density at radius 3 is 2.76 bits per heavy atom. The number of aryl methyl sites for hydroxylation is 1. The number of hydrogen-bond acceptors (Lipinski definition) is 3. The van der Waals surface area contributed by atoms with Crippen molar-refractivity contribution in [1.82, 2.24) is 9.55 Å². The van der Waals surface area contributed by atoms with Crippen molar-refractivity contribution in [2.75, 3.05) is 6.61 Å². The van der Waals surface area contributed by atoms with Crippen LogP contribution in [-0.4, -0.2) is 31.6 Å². The Bertz CT molecular complexity index is 1530. The number of nitrogens with one attached hydrogen (secondary N) is 1. The Morgan fingerprint density at radius 2 is 1.94 bits per heavy atom. The summed E-state index contributed by atoms with van der Waals surface area (Å²) in [6, 6.07) is 15.4. The molecule has 2 aromatic heterocycles. The molecule has 0 unspecified atom stereocenters. The molecule has 0 amide bonds. The van der Waals surface area contributed by atoms with Crippen LogP contribution in [0, 0.1) is 0 Å². The van der Waals surface area contributed by atoms with Gasteiger partial charge in [-0.1, -0.05) is 44.2 Å². The Hall–Kier alpha value is -2.89. The smallest absolute Gasteiger partial charge is 0.197 e. The largest absolute Gasteiger partial charge is 0.494 e. The van der Waals surface area contributed by atoms with E-state index in [1.54, 1.807) is 0 Å². The van der Waals surface area contributed by atoms with Gasteiger partial charge in [0.2, 0.25) is 0 Å². The van der Waals surface area contributed by atoms with Gasteiger partial charge in [0.25, 0.3) is 0 Å². The molecule has 168 valence electrons. The molecule has 0 aliphatic heterocycles. The van der Waals surface area contributed by atoms with Crippen molar-refractivity contribution in [3.8, 4) is 17.0 Å². The van der Waals surface area contributed by atoms with Gasteiger partial charge in [-0.3, -0.25) is 0 Å². The summed E-state index contributed by atoms with van der Waals surface area (Å²) >= 11 is 1.95. The van der Waals surface area contributed by atoms with Crippen LogP contribution in [0.3, 0.4) is 0 Å². The molecule has 1 aliphatic rings. The number of thioether (sulfide) groups is 1. The zero-order chi connectivity index (χ0) is 22.7. The lowest BCUT2D eigenvalue weighted by Gasteiger charge is -2.12. The maximum atomic E-state index is 10.9. The van der Waals surface area contributed by atoms with Gasteiger partial charge in [-0.25, -0.2) is 0 Å². The molecule has 0 bridgehead atoms. The molecular formula is C28H28N2O2S. The first-order valence-corrected chi connectivity index (χ1v) is 12.7. The third-order valence-corrected chi connectivity index (χ3v) is 8.04. The maximum absolute atomic E-state index is 10.9. The molecule has 0 atom stereocenters. The number of nitrogens with zero attached hydrogens (tertiary/aromatic N) is 1. The summed E-state index contributed by atoms with van der Waals surface area (Å²) in [5.74, 6) is 1.22. The Balaban J connectivity index is 1.73. The van der Waals surface area contributed by atoms with Gasteiger partial charge in [-0.2, -0.15) is 11.8 Å². The Labute approximate surface area is 197 Å². The second kappa shape index (κ2) is 7.86. The number of aromatic amines is 1. The van der Waals surface area contributed by atoms with E-state index < -0.39 is 0 Å². The summed E-state index contributed by atoms with van der Waals surface area (Å²) in [5, 5.41) is 25.5. The number of H-pyrrole nitrogens is 1. The van der Waals surface area contributed by atoms with E-state index in [2.05, 4.69) is 65.9 Å². The minimum absolute atomic E-state index is 0.167. The van der Waals surface area contributed by atoms with Crippen LogP contribution >= 0.6 is 11.8 Å². The number of aliphatic hydroxyl groups is 1. The zero-order valence-electron chi connectivity index (χ0n) is 19.0. The van der Waals surface area contributed by atoms with Crippen molar-refractivity contribution in [3.05, 3.63) is 65.4 Å². The molecule has 5 aromatic rings. The average Bonchev–Trinajstić information content (AvgIpc) is 3.47. The molecule has 5 heteroatoms. The van der Waals surface area contributed by atoms with E-state index in [0.29, 0.717) is 11.7 Å². The maximum Gasteiger partial charge on any atom is 0.197 e. The molecule has 0 radical (unpaired) electrons. The molecule has 2 heterocycles.